The third-order valence-electron chi connectivity index (χ3n) is 4.32. The monoisotopic (exact) mass is 266 g/mol. The van der Waals surface area contributed by atoms with E-state index in [0.29, 0.717) is 6.04 Å². The van der Waals surface area contributed by atoms with Gasteiger partial charge < -0.3 is 10.6 Å². The van der Waals surface area contributed by atoms with Crippen LogP contribution in [0.3, 0.4) is 0 Å². The van der Waals surface area contributed by atoms with E-state index in [9.17, 15) is 0 Å². The van der Waals surface area contributed by atoms with Gasteiger partial charge in [-0.3, -0.25) is 0 Å². The molecule has 2 N–H and O–H groups in total. The van der Waals surface area contributed by atoms with Crippen molar-refractivity contribution in [3.05, 3.63) is 30.3 Å². The molecule has 0 aromatic heterocycles. The molecule has 18 heavy (non-hydrogen) atoms. The summed E-state index contributed by atoms with van der Waals surface area (Å²) in [5, 5.41) is 7.44. The molecule has 0 amide bonds. The van der Waals surface area contributed by atoms with Crippen molar-refractivity contribution in [3.8, 4) is 0 Å². The third-order valence-corrected chi connectivity index (χ3v) is 4.32. The van der Waals surface area contributed by atoms with Gasteiger partial charge in [-0.15, -0.1) is 12.4 Å². The summed E-state index contributed by atoms with van der Waals surface area (Å²) in [6, 6.07) is 12.1. The molecule has 0 spiro atoms. The molecule has 2 aliphatic rings. The molecule has 1 saturated carbocycles. The van der Waals surface area contributed by atoms with Gasteiger partial charge in [0.1, 0.15) is 0 Å². The summed E-state index contributed by atoms with van der Waals surface area (Å²) in [7, 11) is 0. The average Bonchev–Trinajstić information content (AvgIpc) is 2.40. The van der Waals surface area contributed by atoms with E-state index in [0.717, 1.165) is 12.0 Å². The molecule has 1 aromatic carbocycles. The van der Waals surface area contributed by atoms with Gasteiger partial charge in [-0.25, -0.2) is 0 Å². The number of anilines is 1. The molecule has 3 unspecified atom stereocenters. The van der Waals surface area contributed by atoms with Crippen LogP contribution in [0.4, 0.5) is 5.69 Å². The predicted octanol–water partition coefficient (Wildman–Crippen LogP) is 3.44. The van der Waals surface area contributed by atoms with E-state index < -0.39 is 0 Å². The number of halogens is 1. The Labute approximate surface area is 116 Å². The maximum absolute atomic E-state index is 3.74. The summed E-state index contributed by atoms with van der Waals surface area (Å²) in [6.07, 6.45) is 6.85. The fraction of sp³-hybridized carbons (Fsp3) is 0.600. The third kappa shape index (κ3) is 2.99. The summed E-state index contributed by atoms with van der Waals surface area (Å²) in [4.78, 5) is 0. The SMILES string of the molecule is Cl.c1ccc(NC2CCNC3CCCCC32)cc1. The number of rotatable bonds is 2. The van der Waals surface area contributed by atoms with Gasteiger partial charge in [0.25, 0.3) is 0 Å². The first kappa shape index (κ1) is 13.7. The molecule has 1 heterocycles. The zero-order chi connectivity index (χ0) is 11.5. The average molecular weight is 267 g/mol. The Morgan fingerprint density at radius 3 is 2.61 bits per heavy atom. The highest BCUT2D eigenvalue weighted by Crippen LogP contribution is 2.32. The smallest absolute Gasteiger partial charge is 0.0342 e. The first-order valence-corrected chi connectivity index (χ1v) is 6.98. The standard InChI is InChI=1S/C15H22N2.ClH/c1-2-6-12(7-3-1)17-15-10-11-16-14-9-5-4-8-13(14)15;/h1-3,6-7,13-17H,4-5,8-11H2;1H. The Balaban J connectivity index is 0.00000120. The van der Waals surface area contributed by atoms with Crippen molar-refractivity contribution >= 4 is 18.1 Å². The van der Waals surface area contributed by atoms with Gasteiger partial charge in [-0.1, -0.05) is 31.0 Å². The van der Waals surface area contributed by atoms with Gasteiger partial charge in [0.05, 0.1) is 0 Å². The van der Waals surface area contributed by atoms with E-state index >= 15 is 0 Å². The normalized spacial score (nSPS) is 31.0. The molecule has 100 valence electrons. The van der Waals surface area contributed by atoms with Crippen LogP contribution in [0.5, 0.6) is 0 Å². The van der Waals surface area contributed by atoms with Crippen LogP contribution in [0.25, 0.3) is 0 Å². The number of hydrogen-bond acceptors (Lipinski definition) is 2. The molecule has 3 atom stereocenters. The van der Waals surface area contributed by atoms with Crippen molar-refractivity contribution < 1.29 is 0 Å². The number of benzene rings is 1. The van der Waals surface area contributed by atoms with E-state index in [1.54, 1.807) is 0 Å². The van der Waals surface area contributed by atoms with Gasteiger partial charge in [-0.2, -0.15) is 0 Å². The summed E-state index contributed by atoms with van der Waals surface area (Å²) >= 11 is 0. The van der Waals surface area contributed by atoms with Crippen molar-refractivity contribution in [2.75, 3.05) is 11.9 Å². The van der Waals surface area contributed by atoms with Crippen LogP contribution in [-0.2, 0) is 0 Å². The van der Waals surface area contributed by atoms with Crippen LogP contribution >= 0.6 is 12.4 Å². The van der Waals surface area contributed by atoms with E-state index in [4.69, 9.17) is 0 Å². The Bertz CT molecular complexity index is 353. The molecular formula is C15H23ClN2. The largest absolute Gasteiger partial charge is 0.382 e. The van der Waals surface area contributed by atoms with Crippen molar-refractivity contribution in [2.24, 2.45) is 5.92 Å². The van der Waals surface area contributed by atoms with Crippen LogP contribution in [0.1, 0.15) is 32.1 Å². The minimum absolute atomic E-state index is 0. The summed E-state index contributed by atoms with van der Waals surface area (Å²) in [5.74, 6) is 0.831. The molecule has 2 nitrogen and oxygen atoms in total. The molecule has 1 aromatic rings. The highest BCUT2D eigenvalue weighted by atomic mass is 35.5. The van der Waals surface area contributed by atoms with Crippen LogP contribution < -0.4 is 10.6 Å². The zero-order valence-electron chi connectivity index (χ0n) is 10.8. The van der Waals surface area contributed by atoms with Gasteiger partial charge in [0.15, 0.2) is 0 Å². The second kappa shape index (κ2) is 6.44. The Kier molecular flexibility index (Phi) is 4.90. The second-order valence-corrected chi connectivity index (χ2v) is 5.41. The van der Waals surface area contributed by atoms with E-state index in [-0.39, 0.29) is 12.4 Å². The Morgan fingerprint density at radius 2 is 1.78 bits per heavy atom. The number of piperidine rings is 1. The topological polar surface area (TPSA) is 24.1 Å². The lowest BCUT2D eigenvalue weighted by Gasteiger charge is -2.42. The van der Waals surface area contributed by atoms with Crippen molar-refractivity contribution in [1.29, 1.82) is 0 Å². The molecule has 0 bridgehead atoms. The zero-order valence-corrected chi connectivity index (χ0v) is 11.6. The fourth-order valence-electron chi connectivity index (χ4n) is 3.46. The molecule has 0 radical (unpaired) electrons. The maximum Gasteiger partial charge on any atom is 0.0342 e. The van der Waals surface area contributed by atoms with Gasteiger partial charge in [0.2, 0.25) is 0 Å². The quantitative estimate of drug-likeness (QED) is 0.857. The van der Waals surface area contributed by atoms with Gasteiger partial charge in [0, 0.05) is 17.8 Å². The van der Waals surface area contributed by atoms with Crippen molar-refractivity contribution in [2.45, 2.75) is 44.2 Å². The lowest BCUT2D eigenvalue weighted by atomic mass is 9.76. The molecule has 2 fully saturated rings. The molecule has 1 aliphatic heterocycles. The molecule has 3 rings (SSSR count). The maximum atomic E-state index is 3.74. The lowest BCUT2D eigenvalue weighted by Crippen LogP contribution is -2.52. The van der Waals surface area contributed by atoms with E-state index in [1.807, 2.05) is 0 Å². The van der Waals surface area contributed by atoms with Crippen LogP contribution in [0, 0.1) is 5.92 Å². The second-order valence-electron chi connectivity index (χ2n) is 5.41. The first-order valence-electron chi connectivity index (χ1n) is 6.98. The van der Waals surface area contributed by atoms with Crippen LogP contribution in [0.2, 0.25) is 0 Å². The number of para-hydroxylation sites is 1. The Hall–Kier alpha value is -0.730. The summed E-state index contributed by atoms with van der Waals surface area (Å²) < 4.78 is 0. The molecule has 3 heteroatoms. The molecular weight excluding hydrogens is 244 g/mol. The lowest BCUT2D eigenvalue weighted by molar-refractivity contribution is 0.194. The van der Waals surface area contributed by atoms with Crippen molar-refractivity contribution in [1.82, 2.24) is 5.32 Å². The first-order chi connectivity index (χ1) is 8.43. The van der Waals surface area contributed by atoms with Crippen molar-refractivity contribution in [3.63, 3.8) is 0 Å². The van der Waals surface area contributed by atoms with Crippen LogP contribution in [0.15, 0.2) is 30.3 Å². The Morgan fingerprint density at radius 1 is 1.00 bits per heavy atom. The summed E-state index contributed by atoms with van der Waals surface area (Å²) in [5.41, 5.74) is 1.28. The van der Waals surface area contributed by atoms with Gasteiger partial charge in [-0.05, 0) is 43.9 Å². The minimum Gasteiger partial charge on any atom is -0.382 e. The molecule has 1 saturated heterocycles. The predicted molar refractivity (Wildman–Crippen MR) is 79.5 cm³/mol. The molecule has 1 aliphatic carbocycles. The van der Waals surface area contributed by atoms with E-state index in [1.165, 1.54) is 44.3 Å². The highest BCUT2D eigenvalue weighted by molar-refractivity contribution is 5.85. The number of fused-ring (bicyclic) bond motifs is 1. The number of nitrogens with one attached hydrogen (secondary N) is 2. The van der Waals surface area contributed by atoms with E-state index in [2.05, 4.69) is 41.0 Å². The minimum atomic E-state index is 0. The van der Waals surface area contributed by atoms with Crippen LogP contribution in [-0.4, -0.2) is 18.6 Å². The number of hydrogen-bond donors (Lipinski definition) is 2. The summed E-state index contributed by atoms with van der Waals surface area (Å²) in [6.45, 7) is 1.17. The highest BCUT2D eigenvalue weighted by Gasteiger charge is 2.34. The van der Waals surface area contributed by atoms with Gasteiger partial charge >= 0.3 is 0 Å². The fourth-order valence-corrected chi connectivity index (χ4v) is 3.46.